The molecular formula is C18H26N2O3. The van der Waals surface area contributed by atoms with Crippen LogP contribution in [0.25, 0.3) is 0 Å². The monoisotopic (exact) mass is 318 g/mol. The molecule has 0 bridgehead atoms. The van der Waals surface area contributed by atoms with Crippen LogP contribution in [0.2, 0.25) is 0 Å². The minimum absolute atomic E-state index is 0.0129. The lowest BCUT2D eigenvalue weighted by Crippen LogP contribution is -2.48. The van der Waals surface area contributed by atoms with Crippen LogP contribution < -0.4 is 0 Å². The van der Waals surface area contributed by atoms with Crippen LogP contribution in [0.15, 0.2) is 16.7 Å². The molecule has 2 aliphatic rings. The highest BCUT2D eigenvalue weighted by molar-refractivity contribution is 5.95. The molecule has 0 radical (unpaired) electrons. The first-order valence-corrected chi connectivity index (χ1v) is 8.68. The van der Waals surface area contributed by atoms with E-state index in [1.807, 2.05) is 9.80 Å². The van der Waals surface area contributed by atoms with Crippen molar-refractivity contribution in [3.05, 3.63) is 23.7 Å². The Morgan fingerprint density at radius 3 is 2.52 bits per heavy atom. The van der Waals surface area contributed by atoms with Crippen LogP contribution in [0.4, 0.5) is 0 Å². The molecule has 3 rings (SSSR count). The molecule has 2 aliphatic heterocycles. The van der Waals surface area contributed by atoms with Gasteiger partial charge in [0.2, 0.25) is 5.91 Å². The van der Waals surface area contributed by atoms with Gasteiger partial charge in [-0.3, -0.25) is 9.59 Å². The summed E-state index contributed by atoms with van der Waals surface area (Å²) < 4.78 is 5.23. The predicted octanol–water partition coefficient (Wildman–Crippen LogP) is 2.70. The first kappa shape index (κ1) is 16.1. The molecule has 0 N–H and O–H groups in total. The molecule has 23 heavy (non-hydrogen) atoms. The van der Waals surface area contributed by atoms with Crippen molar-refractivity contribution in [1.29, 1.82) is 0 Å². The van der Waals surface area contributed by atoms with Crippen molar-refractivity contribution in [3.63, 3.8) is 0 Å². The molecule has 1 unspecified atom stereocenters. The van der Waals surface area contributed by atoms with E-state index in [0.29, 0.717) is 23.8 Å². The number of carbonyl (C=O) groups is 2. The quantitative estimate of drug-likeness (QED) is 0.842. The molecule has 1 aromatic rings. The van der Waals surface area contributed by atoms with Crippen LogP contribution in [0.1, 0.15) is 48.7 Å². The van der Waals surface area contributed by atoms with Crippen LogP contribution in [0.5, 0.6) is 0 Å². The molecule has 1 aromatic heterocycles. The van der Waals surface area contributed by atoms with Gasteiger partial charge in [0.05, 0.1) is 17.7 Å². The number of furan rings is 1. The maximum absolute atomic E-state index is 12.8. The maximum atomic E-state index is 12.8. The molecule has 2 amide bonds. The predicted molar refractivity (Wildman–Crippen MR) is 87.1 cm³/mol. The van der Waals surface area contributed by atoms with E-state index >= 15 is 0 Å². The smallest absolute Gasteiger partial charge is 0.257 e. The van der Waals surface area contributed by atoms with Gasteiger partial charge in [-0.15, -0.1) is 0 Å². The van der Waals surface area contributed by atoms with Gasteiger partial charge in [0.15, 0.2) is 0 Å². The Morgan fingerprint density at radius 1 is 1.13 bits per heavy atom. The molecule has 0 spiro atoms. The number of likely N-dealkylation sites (tertiary alicyclic amines) is 2. The minimum Gasteiger partial charge on any atom is -0.469 e. The molecule has 0 aliphatic carbocycles. The largest absolute Gasteiger partial charge is 0.469 e. The van der Waals surface area contributed by atoms with Gasteiger partial charge in [0.25, 0.3) is 5.91 Å². The van der Waals surface area contributed by atoms with E-state index in [1.54, 1.807) is 19.3 Å². The number of nitrogens with zero attached hydrogens (tertiary/aromatic N) is 2. The number of carbonyl (C=O) groups excluding carboxylic acids is 2. The molecule has 5 nitrogen and oxygen atoms in total. The zero-order valence-electron chi connectivity index (χ0n) is 14.1. The Morgan fingerprint density at radius 2 is 1.87 bits per heavy atom. The summed E-state index contributed by atoms with van der Waals surface area (Å²) in [6, 6.07) is 1.72. The Balaban J connectivity index is 1.63. The second-order valence-corrected chi connectivity index (χ2v) is 6.99. The fraction of sp³-hybridized carbons (Fsp3) is 0.667. The average molecular weight is 318 g/mol. The zero-order chi connectivity index (χ0) is 16.4. The van der Waals surface area contributed by atoms with E-state index < -0.39 is 0 Å². The molecule has 3 heterocycles. The third kappa shape index (κ3) is 3.43. The number of amides is 2. The van der Waals surface area contributed by atoms with Gasteiger partial charge in [-0.05, 0) is 44.6 Å². The summed E-state index contributed by atoms with van der Waals surface area (Å²) in [4.78, 5) is 29.2. The van der Waals surface area contributed by atoms with Crippen LogP contribution in [0.3, 0.4) is 0 Å². The van der Waals surface area contributed by atoms with E-state index in [4.69, 9.17) is 4.42 Å². The molecular weight excluding hydrogens is 292 g/mol. The highest BCUT2D eigenvalue weighted by Crippen LogP contribution is 2.24. The van der Waals surface area contributed by atoms with E-state index in [9.17, 15) is 9.59 Å². The number of rotatable bonds is 2. The van der Waals surface area contributed by atoms with Crippen molar-refractivity contribution < 1.29 is 14.0 Å². The number of hydrogen-bond donors (Lipinski definition) is 0. The summed E-state index contributed by atoms with van der Waals surface area (Å²) in [6.45, 7) is 7.04. The lowest BCUT2D eigenvalue weighted by Gasteiger charge is -2.37. The first-order valence-electron chi connectivity index (χ1n) is 8.68. The molecule has 2 fully saturated rings. The lowest BCUT2D eigenvalue weighted by molar-refractivity contribution is -0.138. The Kier molecular flexibility index (Phi) is 4.74. The third-order valence-corrected chi connectivity index (χ3v) is 5.24. The summed E-state index contributed by atoms with van der Waals surface area (Å²) in [5.41, 5.74) is 0.616. The molecule has 1 atom stereocenters. The Bertz CT molecular complexity index is 573. The van der Waals surface area contributed by atoms with Gasteiger partial charge in [0.1, 0.15) is 5.76 Å². The molecule has 0 saturated carbocycles. The highest BCUT2D eigenvalue weighted by atomic mass is 16.3. The van der Waals surface area contributed by atoms with Crippen LogP contribution in [-0.2, 0) is 4.79 Å². The Labute approximate surface area is 137 Å². The third-order valence-electron chi connectivity index (χ3n) is 5.24. The minimum atomic E-state index is -0.0479. The second kappa shape index (κ2) is 6.77. The lowest BCUT2D eigenvalue weighted by atomic mass is 9.93. The summed E-state index contributed by atoms with van der Waals surface area (Å²) in [6.07, 6.45) is 5.51. The topological polar surface area (TPSA) is 53.8 Å². The maximum Gasteiger partial charge on any atom is 0.257 e. The summed E-state index contributed by atoms with van der Waals surface area (Å²) in [7, 11) is 0. The average Bonchev–Trinajstić information content (AvgIpc) is 3.00. The summed E-state index contributed by atoms with van der Waals surface area (Å²) in [5.74, 6) is 1.54. The van der Waals surface area contributed by atoms with Gasteiger partial charge < -0.3 is 14.2 Å². The van der Waals surface area contributed by atoms with Crippen molar-refractivity contribution in [2.45, 2.75) is 39.5 Å². The van der Waals surface area contributed by atoms with E-state index in [-0.39, 0.29) is 17.7 Å². The summed E-state index contributed by atoms with van der Waals surface area (Å²) in [5, 5.41) is 0. The van der Waals surface area contributed by atoms with Crippen molar-refractivity contribution in [2.24, 2.45) is 11.8 Å². The molecule has 5 heteroatoms. The van der Waals surface area contributed by atoms with Gasteiger partial charge in [0, 0.05) is 26.2 Å². The second-order valence-electron chi connectivity index (χ2n) is 6.99. The number of aryl methyl sites for hydroxylation is 1. The first-order chi connectivity index (χ1) is 11.1. The molecule has 0 aromatic carbocycles. The fourth-order valence-electron chi connectivity index (χ4n) is 3.63. The van der Waals surface area contributed by atoms with Crippen LogP contribution >= 0.6 is 0 Å². The van der Waals surface area contributed by atoms with Crippen LogP contribution in [-0.4, -0.2) is 47.8 Å². The molecule has 2 saturated heterocycles. The highest BCUT2D eigenvalue weighted by Gasteiger charge is 2.33. The number of piperidine rings is 2. The van der Waals surface area contributed by atoms with Crippen molar-refractivity contribution in [1.82, 2.24) is 9.80 Å². The van der Waals surface area contributed by atoms with Gasteiger partial charge in [-0.1, -0.05) is 6.92 Å². The van der Waals surface area contributed by atoms with Crippen molar-refractivity contribution in [3.8, 4) is 0 Å². The SMILES string of the molecule is Cc1occc1C(=O)N1CCCC(C(=O)N2CCC(C)CC2)C1. The van der Waals surface area contributed by atoms with E-state index in [0.717, 1.165) is 45.3 Å². The number of hydrogen-bond acceptors (Lipinski definition) is 3. The Hall–Kier alpha value is -1.78. The van der Waals surface area contributed by atoms with E-state index in [1.165, 1.54) is 0 Å². The van der Waals surface area contributed by atoms with E-state index in [2.05, 4.69) is 6.92 Å². The summed E-state index contributed by atoms with van der Waals surface area (Å²) >= 11 is 0. The van der Waals surface area contributed by atoms with Gasteiger partial charge >= 0.3 is 0 Å². The van der Waals surface area contributed by atoms with Crippen molar-refractivity contribution in [2.75, 3.05) is 26.2 Å². The fourth-order valence-corrected chi connectivity index (χ4v) is 3.63. The van der Waals surface area contributed by atoms with Gasteiger partial charge in [-0.2, -0.15) is 0 Å². The van der Waals surface area contributed by atoms with Gasteiger partial charge in [-0.25, -0.2) is 0 Å². The normalized spacial score (nSPS) is 23.1. The zero-order valence-corrected chi connectivity index (χ0v) is 14.1. The standard InChI is InChI=1S/C18H26N2O3/c1-13-5-9-19(10-6-13)17(21)15-4-3-8-20(12-15)18(22)16-7-11-23-14(16)2/h7,11,13,15H,3-6,8-10,12H2,1-2H3. The van der Waals surface area contributed by atoms with Crippen LogP contribution in [0, 0.1) is 18.8 Å². The van der Waals surface area contributed by atoms with Crippen molar-refractivity contribution >= 4 is 11.8 Å². The molecule has 126 valence electrons.